The van der Waals surface area contributed by atoms with Crippen molar-refractivity contribution < 1.29 is 0 Å². The summed E-state index contributed by atoms with van der Waals surface area (Å²) in [6, 6.07) is 1.64. The number of rotatable bonds is 2. The summed E-state index contributed by atoms with van der Waals surface area (Å²) >= 11 is 0. The predicted molar refractivity (Wildman–Crippen MR) is 59.6 cm³/mol. The van der Waals surface area contributed by atoms with Gasteiger partial charge in [-0.2, -0.15) is 0 Å². The molecule has 1 spiro atoms. The Kier molecular flexibility index (Phi) is 1.59. The Morgan fingerprint density at radius 3 is 2.93 bits per heavy atom. The maximum Gasteiger partial charge on any atom is 0.250 e. The second-order valence-corrected chi connectivity index (χ2v) is 5.17. The van der Waals surface area contributed by atoms with Crippen LogP contribution >= 0.6 is 0 Å². The third-order valence-corrected chi connectivity index (χ3v) is 4.04. The second-order valence-electron chi connectivity index (χ2n) is 5.17. The molecule has 0 amide bonds. The van der Waals surface area contributed by atoms with E-state index < -0.39 is 0 Å². The van der Waals surface area contributed by atoms with Gasteiger partial charge < -0.3 is 10.3 Å². The molecule has 2 N–H and O–H groups in total. The van der Waals surface area contributed by atoms with Crippen LogP contribution in [-0.2, 0) is 6.54 Å². The number of nitrogen functional groups attached to an aromatic ring is 1. The predicted octanol–water partition coefficient (Wildman–Crippen LogP) is 1.54. The van der Waals surface area contributed by atoms with Gasteiger partial charge in [-0.1, -0.05) is 0 Å². The van der Waals surface area contributed by atoms with Crippen LogP contribution in [0.15, 0.2) is 17.1 Å². The number of aryl methyl sites for hydroxylation is 1. The summed E-state index contributed by atoms with van der Waals surface area (Å²) < 4.78 is 1.78. The van der Waals surface area contributed by atoms with E-state index in [4.69, 9.17) is 5.73 Å². The van der Waals surface area contributed by atoms with E-state index in [1.54, 1.807) is 16.8 Å². The van der Waals surface area contributed by atoms with E-state index in [1.807, 2.05) is 6.92 Å². The number of aromatic nitrogens is 1. The first-order valence-electron chi connectivity index (χ1n) is 5.57. The molecule has 3 nitrogen and oxygen atoms in total. The SMILES string of the molecule is Cc1cc(=O)n(CC2CC23CC3)cc1N. The van der Waals surface area contributed by atoms with Crippen molar-refractivity contribution in [3.05, 3.63) is 28.2 Å². The fourth-order valence-corrected chi connectivity index (χ4v) is 2.53. The van der Waals surface area contributed by atoms with Gasteiger partial charge in [-0.25, -0.2) is 0 Å². The van der Waals surface area contributed by atoms with Gasteiger partial charge in [0.25, 0.3) is 5.56 Å². The Bertz CT molecular complexity index is 471. The Labute approximate surface area is 88.9 Å². The number of hydrogen-bond donors (Lipinski definition) is 1. The fraction of sp³-hybridized carbons (Fsp3) is 0.583. The smallest absolute Gasteiger partial charge is 0.250 e. The molecule has 3 rings (SSSR count). The Hall–Kier alpha value is -1.25. The van der Waals surface area contributed by atoms with Crippen molar-refractivity contribution in [2.24, 2.45) is 11.3 Å². The summed E-state index contributed by atoms with van der Waals surface area (Å²) in [5.41, 5.74) is 8.15. The van der Waals surface area contributed by atoms with E-state index in [1.165, 1.54) is 19.3 Å². The lowest BCUT2D eigenvalue weighted by atomic mass is 10.2. The molecule has 0 radical (unpaired) electrons. The summed E-state index contributed by atoms with van der Waals surface area (Å²) in [5, 5.41) is 0. The van der Waals surface area contributed by atoms with Gasteiger partial charge in [-0.05, 0) is 43.1 Å². The standard InChI is InChI=1S/C12H16N2O/c1-8-4-11(15)14(7-10(8)13)6-9-5-12(9)2-3-12/h4,7,9H,2-3,5-6,13H2,1H3. The first-order valence-corrected chi connectivity index (χ1v) is 5.57. The first kappa shape index (κ1) is 9.01. The van der Waals surface area contributed by atoms with Gasteiger partial charge in [-0.3, -0.25) is 4.79 Å². The molecule has 15 heavy (non-hydrogen) atoms. The Morgan fingerprint density at radius 1 is 1.60 bits per heavy atom. The van der Waals surface area contributed by atoms with Gasteiger partial charge in [0.05, 0.1) is 5.69 Å². The molecule has 2 aliphatic carbocycles. The summed E-state index contributed by atoms with van der Waals surface area (Å²) in [4.78, 5) is 11.7. The molecule has 2 saturated carbocycles. The van der Waals surface area contributed by atoms with E-state index in [0.29, 0.717) is 5.41 Å². The van der Waals surface area contributed by atoms with E-state index in [9.17, 15) is 4.79 Å². The van der Waals surface area contributed by atoms with E-state index in [2.05, 4.69) is 0 Å². The molecular formula is C12H16N2O. The summed E-state index contributed by atoms with van der Waals surface area (Å²) in [6.07, 6.45) is 5.85. The van der Waals surface area contributed by atoms with Crippen LogP contribution in [0.25, 0.3) is 0 Å². The quantitative estimate of drug-likeness (QED) is 0.794. The molecule has 80 valence electrons. The summed E-state index contributed by atoms with van der Waals surface area (Å²) in [7, 11) is 0. The normalized spacial score (nSPS) is 25.5. The molecule has 0 aliphatic heterocycles. The lowest BCUT2D eigenvalue weighted by Gasteiger charge is -2.07. The van der Waals surface area contributed by atoms with Crippen molar-refractivity contribution in [2.45, 2.75) is 32.7 Å². The highest BCUT2D eigenvalue weighted by atomic mass is 16.1. The zero-order valence-electron chi connectivity index (χ0n) is 8.99. The van der Waals surface area contributed by atoms with Crippen molar-refractivity contribution in [2.75, 3.05) is 5.73 Å². The van der Waals surface area contributed by atoms with Gasteiger partial charge in [0.15, 0.2) is 0 Å². The van der Waals surface area contributed by atoms with Crippen LogP contribution in [0, 0.1) is 18.3 Å². The first-order chi connectivity index (χ1) is 7.11. The molecule has 1 atom stereocenters. The topological polar surface area (TPSA) is 48.0 Å². The second kappa shape index (κ2) is 2.65. The number of nitrogens with zero attached hydrogens (tertiary/aromatic N) is 1. The lowest BCUT2D eigenvalue weighted by Crippen LogP contribution is -2.21. The molecule has 2 fully saturated rings. The van der Waals surface area contributed by atoms with Crippen LogP contribution in [0.4, 0.5) is 5.69 Å². The molecular weight excluding hydrogens is 188 g/mol. The molecule has 2 aliphatic rings. The molecule has 3 heteroatoms. The van der Waals surface area contributed by atoms with Crippen LogP contribution < -0.4 is 11.3 Å². The maximum atomic E-state index is 11.7. The highest BCUT2D eigenvalue weighted by molar-refractivity contribution is 5.43. The van der Waals surface area contributed by atoms with E-state index >= 15 is 0 Å². The molecule has 1 heterocycles. The van der Waals surface area contributed by atoms with Crippen LogP contribution in [0.1, 0.15) is 24.8 Å². The van der Waals surface area contributed by atoms with E-state index in [-0.39, 0.29) is 5.56 Å². The highest BCUT2D eigenvalue weighted by Gasteiger charge is 2.62. The Balaban J connectivity index is 1.85. The number of anilines is 1. The molecule has 1 aromatic heterocycles. The molecule has 1 aromatic rings. The van der Waals surface area contributed by atoms with Crippen molar-refractivity contribution in [3.8, 4) is 0 Å². The van der Waals surface area contributed by atoms with Crippen molar-refractivity contribution in [1.82, 2.24) is 4.57 Å². The van der Waals surface area contributed by atoms with Crippen molar-refractivity contribution in [3.63, 3.8) is 0 Å². The van der Waals surface area contributed by atoms with Crippen LogP contribution in [-0.4, -0.2) is 4.57 Å². The van der Waals surface area contributed by atoms with Gasteiger partial charge in [0.2, 0.25) is 0 Å². The minimum Gasteiger partial charge on any atom is -0.397 e. The van der Waals surface area contributed by atoms with Crippen molar-refractivity contribution >= 4 is 5.69 Å². The molecule has 0 aromatic carbocycles. The van der Waals surface area contributed by atoms with Crippen LogP contribution in [0.3, 0.4) is 0 Å². The maximum absolute atomic E-state index is 11.7. The average molecular weight is 204 g/mol. The zero-order valence-corrected chi connectivity index (χ0v) is 8.99. The summed E-state index contributed by atoms with van der Waals surface area (Å²) in [6.45, 7) is 2.74. The Morgan fingerprint density at radius 2 is 2.33 bits per heavy atom. The largest absolute Gasteiger partial charge is 0.397 e. The number of pyridine rings is 1. The highest BCUT2D eigenvalue weighted by Crippen LogP contribution is 2.70. The minimum absolute atomic E-state index is 0.0874. The fourth-order valence-electron chi connectivity index (χ4n) is 2.53. The molecule has 0 saturated heterocycles. The minimum atomic E-state index is 0.0874. The summed E-state index contributed by atoms with van der Waals surface area (Å²) in [5.74, 6) is 0.734. The van der Waals surface area contributed by atoms with E-state index in [0.717, 1.165) is 23.7 Å². The van der Waals surface area contributed by atoms with Crippen molar-refractivity contribution in [1.29, 1.82) is 0 Å². The third-order valence-electron chi connectivity index (χ3n) is 4.04. The third kappa shape index (κ3) is 1.37. The molecule has 0 bridgehead atoms. The van der Waals surface area contributed by atoms with Gasteiger partial charge >= 0.3 is 0 Å². The lowest BCUT2D eigenvalue weighted by molar-refractivity contribution is 0.559. The number of hydrogen-bond acceptors (Lipinski definition) is 2. The average Bonchev–Trinajstić information content (AvgIpc) is 3.06. The number of nitrogens with two attached hydrogens (primary N) is 1. The van der Waals surface area contributed by atoms with Gasteiger partial charge in [0.1, 0.15) is 0 Å². The molecule has 1 unspecified atom stereocenters. The van der Waals surface area contributed by atoms with Crippen LogP contribution in [0.5, 0.6) is 0 Å². The monoisotopic (exact) mass is 204 g/mol. The van der Waals surface area contributed by atoms with Gasteiger partial charge in [-0.15, -0.1) is 0 Å². The van der Waals surface area contributed by atoms with Gasteiger partial charge in [0, 0.05) is 18.8 Å². The zero-order chi connectivity index (χ0) is 10.6. The van der Waals surface area contributed by atoms with Crippen LogP contribution in [0.2, 0.25) is 0 Å².